The number of nitrogens with one attached hydrogen (secondary N) is 1. The van der Waals surface area contributed by atoms with E-state index in [0.717, 1.165) is 12.8 Å². The molecule has 0 heterocycles. The molecule has 0 fully saturated rings. The van der Waals surface area contributed by atoms with Crippen molar-refractivity contribution in [1.29, 1.82) is 5.41 Å². The molecule has 0 aliphatic rings. The van der Waals surface area contributed by atoms with Crippen molar-refractivity contribution in [2.75, 3.05) is 5.75 Å². The molecule has 0 radical (unpaired) electrons. The first-order chi connectivity index (χ1) is 5.52. The second-order valence-corrected chi connectivity index (χ2v) is 4.32. The molecule has 0 unspecified atom stereocenters. The zero-order chi connectivity index (χ0) is 9.61. The molecule has 5 heteroatoms. The summed E-state index contributed by atoms with van der Waals surface area (Å²) >= 11 is 0. The average molecular weight is 193 g/mol. The summed E-state index contributed by atoms with van der Waals surface area (Å²) in [5, 5.41) is 7.15. The zero-order valence-corrected chi connectivity index (χ0v) is 8.28. The molecule has 4 nitrogen and oxygen atoms in total. The maximum Gasteiger partial charge on any atom is 0.310 e. The Morgan fingerprint density at radius 2 is 2.00 bits per heavy atom. The quantitative estimate of drug-likeness (QED) is 0.409. The molecule has 0 aromatic rings. The van der Waals surface area contributed by atoms with Crippen LogP contribution in [0.5, 0.6) is 0 Å². The lowest BCUT2D eigenvalue weighted by molar-refractivity contribution is 0.470. The van der Waals surface area contributed by atoms with Gasteiger partial charge in [-0.05, 0) is 13.3 Å². The van der Waals surface area contributed by atoms with Gasteiger partial charge in [0, 0.05) is 6.42 Å². The van der Waals surface area contributed by atoms with E-state index < -0.39 is 10.1 Å². The lowest BCUT2D eigenvalue weighted by Gasteiger charge is -2.04. The molecule has 0 aromatic heterocycles. The monoisotopic (exact) mass is 193 g/mol. The van der Waals surface area contributed by atoms with Gasteiger partial charge in [0.05, 0.1) is 5.75 Å². The number of rotatable bonds is 5. The number of unbranched alkanes of at least 4 members (excludes halogenated alkanes) is 1. The van der Waals surface area contributed by atoms with Gasteiger partial charge in [-0.2, -0.15) is 8.42 Å². The van der Waals surface area contributed by atoms with Crippen molar-refractivity contribution in [2.24, 2.45) is 0 Å². The molecule has 0 bridgehead atoms. The molecule has 72 valence electrons. The van der Waals surface area contributed by atoms with E-state index in [1.54, 1.807) is 0 Å². The third kappa shape index (κ3) is 5.12. The van der Waals surface area contributed by atoms with E-state index in [2.05, 4.69) is 4.18 Å². The Morgan fingerprint density at radius 1 is 1.42 bits per heavy atom. The summed E-state index contributed by atoms with van der Waals surface area (Å²) in [6, 6.07) is 0. The predicted molar refractivity (Wildman–Crippen MR) is 47.8 cm³/mol. The average Bonchev–Trinajstić information content (AvgIpc) is 2.00. The SMILES string of the molecule is CCCCC(=N)OS(=O)(=O)CC. The fourth-order valence-corrected chi connectivity index (χ4v) is 1.10. The van der Waals surface area contributed by atoms with E-state index in [-0.39, 0.29) is 11.7 Å². The fourth-order valence-electron chi connectivity index (χ4n) is 0.591. The van der Waals surface area contributed by atoms with Crippen molar-refractivity contribution in [2.45, 2.75) is 33.1 Å². The minimum atomic E-state index is -3.47. The minimum Gasteiger partial charge on any atom is -0.367 e. The highest BCUT2D eigenvalue weighted by molar-refractivity contribution is 7.87. The third-order valence-corrected chi connectivity index (χ3v) is 2.50. The van der Waals surface area contributed by atoms with Crippen LogP contribution in [-0.4, -0.2) is 20.1 Å². The molecule has 1 N–H and O–H groups in total. The van der Waals surface area contributed by atoms with Crippen LogP contribution in [0.2, 0.25) is 0 Å². The fraction of sp³-hybridized carbons (Fsp3) is 0.857. The van der Waals surface area contributed by atoms with Gasteiger partial charge in [0.15, 0.2) is 0 Å². The Bertz CT molecular complexity index is 233. The summed E-state index contributed by atoms with van der Waals surface area (Å²) in [7, 11) is -3.47. The normalized spacial score (nSPS) is 11.2. The van der Waals surface area contributed by atoms with Crippen molar-refractivity contribution >= 4 is 16.0 Å². The van der Waals surface area contributed by atoms with Crippen LogP contribution in [0.3, 0.4) is 0 Å². The van der Waals surface area contributed by atoms with E-state index in [1.165, 1.54) is 6.92 Å². The van der Waals surface area contributed by atoms with Gasteiger partial charge in [0.2, 0.25) is 5.90 Å². The molecule has 12 heavy (non-hydrogen) atoms. The summed E-state index contributed by atoms with van der Waals surface area (Å²) in [5.74, 6) is -0.236. The predicted octanol–water partition coefficient (Wildman–Crippen LogP) is 1.52. The van der Waals surface area contributed by atoms with Gasteiger partial charge in [-0.15, -0.1) is 0 Å². The van der Waals surface area contributed by atoms with E-state index in [0.29, 0.717) is 6.42 Å². The van der Waals surface area contributed by atoms with Gasteiger partial charge in [0.1, 0.15) is 0 Å². The first-order valence-corrected chi connectivity index (χ1v) is 5.59. The Kier molecular flexibility index (Phi) is 4.89. The third-order valence-electron chi connectivity index (χ3n) is 1.34. The van der Waals surface area contributed by atoms with Gasteiger partial charge >= 0.3 is 10.1 Å². The van der Waals surface area contributed by atoms with Crippen molar-refractivity contribution in [1.82, 2.24) is 0 Å². The van der Waals surface area contributed by atoms with Gasteiger partial charge in [0.25, 0.3) is 0 Å². The molecule has 0 atom stereocenters. The summed E-state index contributed by atoms with van der Waals surface area (Å²) in [6.45, 7) is 3.46. The van der Waals surface area contributed by atoms with Crippen LogP contribution in [0.1, 0.15) is 33.1 Å². The molecule has 0 aliphatic heterocycles. The van der Waals surface area contributed by atoms with Crippen LogP contribution >= 0.6 is 0 Å². The first kappa shape index (κ1) is 11.4. The smallest absolute Gasteiger partial charge is 0.310 e. The molecule has 0 aromatic carbocycles. The molecule has 0 spiro atoms. The molecular formula is C7H15NO3S. The topological polar surface area (TPSA) is 67.2 Å². The van der Waals surface area contributed by atoms with Crippen molar-refractivity contribution in [3.8, 4) is 0 Å². The second-order valence-electron chi connectivity index (χ2n) is 2.46. The van der Waals surface area contributed by atoms with Gasteiger partial charge in [-0.1, -0.05) is 13.3 Å². The van der Waals surface area contributed by atoms with Crippen LogP contribution < -0.4 is 0 Å². The Morgan fingerprint density at radius 3 is 2.42 bits per heavy atom. The second kappa shape index (κ2) is 5.13. The Hall–Kier alpha value is -0.580. The Balaban J connectivity index is 3.85. The molecule has 0 rings (SSSR count). The Labute approximate surface area is 73.6 Å². The van der Waals surface area contributed by atoms with Gasteiger partial charge in [-0.3, -0.25) is 5.41 Å². The highest BCUT2D eigenvalue weighted by Gasteiger charge is 2.10. The summed E-state index contributed by atoms with van der Waals surface area (Å²) in [6.07, 6.45) is 2.12. The van der Waals surface area contributed by atoms with Gasteiger partial charge < -0.3 is 4.18 Å². The largest absolute Gasteiger partial charge is 0.367 e. The molecule has 0 saturated carbocycles. The lowest BCUT2D eigenvalue weighted by Crippen LogP contribution is -2.13. The summed E-state index contributed by atoms with van der Waals surface area (Å²) in [5.41, 5.74) is 0. The van der Waals surface area contributed by atoms with Gasteiger partial charge in [-0.25, -0.2) is 0 Å². The maximum atomic E-state index is 10.8. The molecule has 0 amide bonds. The van der Waals surface area contributed by atoms with Crippen LogP contribution in [0.4, 0.5) is 0 Å². The van der Waals surface area contributed by atoms with Crippen molar-refractivity contribution < 1.29 is 12.6 Å². The van der Waals surface area contributed by atoms with E-state index in [4.69, 9.17) is 5.41 Å². The van der Waals surface area contributed by atoms with Crippen LogP contribution in [0.25, 0.3) is 0 Å². The lowest BCUT2D eigenvalue weighted by atomic mass is 10.2. The van der Waals surface area contributed by atoms with E-state index in [1.807, 2.05) is 6.92 Å². The van der Waals surface area contributed by atoms with Crippen LogP contribution in [-0.2, 0) is 14.3 Å². The van der Waals surface area contributed by atoms with E-state index in [9.17, 15) is 8.42 Å². The summed E-state index contributed by atoms with van der Waals surface area (Å²) in [4.78, 5) is 0. The minimum absolute atomic E-state index is 0.0818. The maximum absolute atomic E-state index is 10.8. The number of hydrogen-bond acceptors (Lipinski definition) is 4. The number of hydrogen-bond donors (Lipinski definition) is 1. The highest BCUT2D eigenvalue weighted by atomic mass is 32.2. The highest BCUT2D eigenvalue weighted by Crippen LogP contribution is 2.01. The molecule has 0 saturated heterocycles. The molecular weight excluding hydrogens is 178 g/mol. The molecule has 0 aliphatic carbocycles. The summed E-state index contributed by atoms with van der Waals surface area (Å²) < 4.78 is 26.1. The zero-order valence-electron chi connectivity index (χ0n) is 7.46. The van der Waals surface area contributed by atoms with Crippen molar-refractivity contribution in [3.05, 3.63) is 0 Å². The first-order valence-electron chi connectivity index (χ1n) is 4.01. The van der Waals surface area contributed by atoms with Crippen LogP contribution in [0, 0.1) is 5.41 Å². The van der Waals surface area contributed by atoms with Crippen LogP contribution in [0.15, 0.2) is 0 Å². The van der Waals surface area contributed by atoms with E-state index >= 15 is 0 Å². The standard InChI is InChI=1S/C7H15NO3S/c1-3-5-6-7(8)11-12(9,10)4-2/h8H,3-6H2,1-2H3. The van der Waals surface area contributed by atoms with Crippen molar-refractivity contribution in [3.63, 3.8) is 0 Å².